The summed E-state index contributed by atoms with van der Waals surface area (Å²) in [5.74, 6) is -0.129. The molecule has 0 aliphatic heterocycles. The van der Waals surface area contributed by atoms with Crippen molar-refractivity contribution < 1.29 is 13.2 Å². The second-order valence-electron chi connectivity index (χ2n) is 5.23. The summed E-state index contributed by atoms with van der Waals surface area (Å²) in [7, 11) is -3.42. The lowest BCUT2D eigenvalue weighted by Gasteiger charge is -2.24. The molecule has 0 atom stereocenters. The highest BCUT2D eigenvalue weighted by Gasteiger charge is 2.20. The van der Waals surface area contributed by atoms with Crippen molar-refractivity contribution in [3.63, 3.8) is 0 Å². The molecule has 0 spiro atoms. The predicted octanol–water partition coefficient (Wildman–Crippen LogP) is 1.99. The largest absolute Gasteiger partial charge is 0.356 e. The zero-order chi connectivity index (χ0) is 16.0. The summed E-state index contributed by atoms with van der Waals surface area (Å²) >= 11 is 0. The number of nitrogens with one attached hydrogen (secondary N) is 1. The Bertz CT molecular complexity index is 597. The Kier molecular flexibility index (Phi) is 6.20. The van der Waals surface area contributed by atoms with Crippen LogP contribution in [0.25, 0.3) is 0 Å². The van der Waals surface area contributed by atoms with Gasteiger partial charge in [-0.2, -0.15) is 0 Å². The Morgan fingerprint density at radius 2 is 1.95 bits per heavy atom. The van der Waals surface area contributed by atoms with Crippen molar-refractivity contribution in [2.45, 2.75) is 33.6 Å². The van der Waals surface area contributed by atoms with E-state index in [1.165, 1.54) is 10.6 Å². The molecule has 1 amide bonds. The first kappa shape index (κ1) is 17.5. The molecule has 6 heteroatoms. The Labute approximate surface area is 127 Å². The van der Waals surface area contributed by atoms with Gasteiger partial charge in [0.25, 0.3) is 0 Å². The van der Waals surface area contributed by atoms with E-state index in [2.05, 4.69) is 5.32 Å². The molecular formula is C15H24N2O3S. The number of anilines is 1. The summed E-state index contributed by atoms with van der Waals surface area (Å²) in [5.41, 5.74) is 2.50. The highest BCUT2D eigenvalue weighted by atomic mass is 32.2. The molecule has 1 rings (SSSR count). The van der Waals surface area contributed by atoms with Crippen LogP contribution in [0.4, 0.5) is 5.69 Å². The van der Waals surface area contributed by atoms with Crippen LogP contribution in [-0.2, 0) is 14.8 Å². The molecule has 0 unspecified atom stereocenters. The van der Waals surface area contributed by atoms with E-state index in [1.54, 1.807) is 0 Å². The molecule has 1 aromatic carbocycles. The van der Waals surface area contributed by atoms with E-state index in [1.807, 2.05) is 39.0 Å². The number of sulfonamides is 1. The minimum Gasteiger partial charge on any atom is -0.356 e. The van der Waals surface area contributed by atoms with Gasteiger partial charge in [-0.3, -0.25) is 9.10 Å². The second-order valence-corrected chi connectivity index (χ2v) is 7.13. The lowest BCUT2D eigenvalue weighted by molar-refractivity contribution is -0.120. The van der Waals surface area contributed by atoms with E-state index in [4.69, 9.17) is 0 Å². The summed E-state index contributed by atoms with van der Waals surface area (Å²) in [4.78, 5) is 11.7. The van der Waals surface area contributed by atoms with Crippen LogP contribution in [0, 0.1) is 13.8 Å². The minimum atomic E-state index is -3.42. The van der Waals surface area contributed by atoms with Crippen molar-refractivity contribution in [3.05, 3.63) is 29.3 Å². The van der Waals surface area contributed by atoms with Gasteiger partial charge in [0.1, 0.15) is 0 Å². The average Bonchev–Trinajstić information content (AvgIpc) is 2.39. The fraction of sp³-hybridized carbons (Fsp3) is 0.533. The van der Waals surface area contributed by atoms with Gasteiger partial charge < -0.3 is 5.32 Å². The molecule has 5 nitrogen and oxygen atoms in total. The molecule has 0 aromatic heterocycles. The first-order valence-corrected chi connectivity index (χ1v) is 8.92. The van der Waals surface area contributed by atoms with E-state index in [9.17, 15) is 13.2 Å². The van der Waals surface area contributed by atoms with Crippen molar-refractivity contribution in [3.8, 4) is 0 Å². The molecule has 1 N–H and O–H groups in total. The molecule has 0 radical (unpaired) electrons. The Morgan fingerprint density at radius 3 is 2.52 bits per heavy atom. The van der Waals surface area contributed by atoms with Crippen molar-refractivity contribution in [1.29, 1.82) is 0 Å². The number of carbonyl (C=O) groups is 1. The molecule has 1 aromatic rings. The molecule has 0 aliphatic carbocycles. The van der Waals surface area contributed by atoms with E-state index in [0.717, 1.165) is 17.5 Å². The number of carbonyl (C=O) groups excluding carboxylic acids is 1. The zero-order valence-corrected chi connectivity index (χ0v) is 14.0. The van der Waals surface area contributed by atoms with Crippen LogP contribution in [0.5, 0.6) is 0 Å². The topological polar surface area (TPSA) is 66.5 Å². The zero-order valence-electron chi connectivity index (χ0n) is 13.1. The SMILES string of the molecule is CCCNC(=O)CCN(c1cc(C)ccc1C)S(C)(=O)=O. The van der Waals surface area contributed by atoms with E-state index < -0.39 is 10.0 Å². The van der Waals surface area contributed by atoms with Gasteiger partial charge in [0, 0.05) is 19.5 Å². The summed E-state index contributed by atoms with van der Waals surface area (Å²) in [6.07, 6.45) is 2.18. The van der Waals surface area contributed by atoms with Gasteiger partial charge in [-0.25, -0.2) is 8.42 Å². The van der Waals surface area contributed by atoms with Gasteiger partial charge in [-0.15, -0.1) is 0 Å². The average molecular weight is 312 g/mol. The lowest BCUT2D eigenvalue weighted by atomic mass is 10.1. The normalized spacial score (nSPS) is 11.2. The molecular weight excluding hydrogens is 288 g/mol. The fourth-order valence-corrected chi connectivity index (χ4v) is 2.99. The van der Waals surface area contributed by atoms with Gasteiger partial charge in [0.05, 0.1) is 11.9 Å². The number of amides is 1. The summed E-state index contributed by atoms with van der Waals surface area (Å²) in [5, 5.41) is 2.76. The lowest BCUT2D eigenvalue weighted by Crippen LogP contribution is -2.35. The maximum Gasteiger partial charge on any atom is 0.232 e. The fourth-order valence-electron chi connectivity index (χ4n) is 2.01. The predicted molar refractivity (Wildman–Crippen MR) is 86.0 cm³/mol. The van der Waals surface area contributed by atoms with Gasteiger partial charge in [0.2, 0.25) is 15.9 Å². The smallest absolute Gasteiger partial charge is 0.232 e. The number of nitrogens with zero attached hydrogens (tertiary/aromatic N) is 1. The number of hydrogen-bond acceptors (Lipinski definition) is 3. The van der Waals surface area contributed by atoms with Crippen LogP contribution >= 0.6 is 0 Å². The second kappa shape index (κ2) is 7.45. The number of rotatable bonds is 7. The standard InChI is InChI=1S/C15H24N2O3S/c1-5-9-16-15(18)8-10-17(21(4,19)20)14-11-12(2)6-7-13(14)3/h6-7,11H,5,8-10H2,1-4H3,(H,16,18). The van der Waals surface area contributed by atoms with Crippen LogP contribution in [0.15, 0.2) is 18.2 Å². The first-order chi connectivity index (χ1) is 9.75. The van der Waals surface area contributed by atoms with Crippen LogP contribution in [0.1, 0.15) is 30.9 Å². The van der Waals surface area contributed by atoms with Crippen LogP contribution in [0.2, 0.25) is 0 Å². The van der Waals surface area contributed by atoms with Crippen LogP contribution in [0.3, 0.4) is 0 Å². The van der Waals surface area contributed by atoms with E-state index in [-0.39, 0.29) is 18.9 Å². The van der Waals surface area contributed by atoms with Crippen molar-refractivity contribution in [1.82, 2.24) is 5.32 Å². The van der Waals surface area contributed by atoms with Crippen molar-refractivity contribution in [2.75, 3.05) is 23.7 Å². The summed E-state index contributed by atoms with van der Waals surface area (Å²) in [6.45, 7) is 6.51. The highest BCUT2D eigenvalue weighted by molar-refractivity contribution is 7.92. The maximum atomic E-state index is 12.0. The highest BCUT2D eigenvalue weighted by Crippen LogP contribution is 2.24. The van der Waals surface area contributed by atoms with Crippen molar-refractivity contribution >= 4 is 21.6 Å². The Balaban J connectivity index is 2.93. The van der Waals surface area contributed by atoms with Crippen molar-refractivity contribution in [2.24, 2.45) is 0 Å². The monoisotopic (exact) mass is 312 g/mol. The quantitative estimate of drug-likeness (QED) is 0.837. The van der Waals surface area contributed by atoms with Gasteiger partial charge in [-0.1, -0.05) is 19.1 Å². The number of hydrogen-bond donors (Lipinski definition) is 1. The molecule has 118 valence electrons. The molecule has 0 heterocycles. The van der Waals surface area contributed by atoms with Crippen LogP contribution in [-0.4, -0.2) is 33.7 Å². The summed E-state index contributed by atoms with van der Waals surface area (Å²) < 4.78 is 25.3. The maximum absolute atomic E-state index is 12.0. The molecule has 0 aliphatic rings. The number of benzene rings is 1. The molecule has 0 fully saturated rings. The minimum absolute atomic E-state index is 0.129. The molecule has 0 saturated heterocycles. The third-order valence-corrected chi connectivity index (χ3v) is 4.33. The van der Waals surface area contributed by atoms with Gasteiger partial charge >= 0.3 is 0 Å². The number of aryl methyl sites for hydroxylation is 2. The molecule has 0 bridgehead atoms. The summed E-state index contributed by atoms with van der Waals surface area (Å²) in [6, 6.07) is 5.66. The van der Waals surface area contributed by atoms with E-state index >= 15 is 0 Å². The van der Waals surface area contributed by atoms with Gasteiger partial charge in [0.15, 0.2) is 0 Å². The third-order valence-electron chi connectivity index (χ3n) is 3.15. The van der Waals surface area contributed by atoms with E-state index in [0.29, 0.717) is 12.2 Å². The third kappa shape index (κ3) is 5.38. The first-order valence-electron chi connectivity index (χ1n) is 7.07. The Hall–Kier alpha value is -1.56. The molecule has 21 heavy (non-hydrogen) atoms. The Morgan fingerprint density at radius 1 is 1.29 bits per heavy atom. The van der Waals surface area contributed by atoms with Gasteiger partial charge in [-0.05, 0) is 37.5 Å². The molecule has 0 saturated carbocycles. The van der Waals surface area contributed by atoms with Crippen LogP contribution < -0.4 is 9.62 Å².